The zero-order valence-corrected chi connectivity index (χ0v) is 18.9. The van der Waals surface area contributed by atoms with Crippen molar-refractivity contribution in [3.63, 3.8) is 0 Å². The summed E-state index contributed by atoms with van der Waals surface area (Å²) in [6, 6.07) is 4.37. The second-order valence-electron chi connectivity index (χ2n) is 6.54. The molecule has 2 aromatic heterocycles. The molecule has 2 heterocycles. The van der Waals surface area contributed by atoms with Gasteiger partial charge >= 0.3 is 0 Å². The van der Waals surface area contributed by atoms with Crippen LogP contribution in [0.4, 0.5) is 4.39 Å². The number of methoxy groups -OCH3 is 1. The molecule has 3 aromatic rings. The van der Waals surface area contributed by atoms with E-state index in [1.807, 2.05) is 0 Å². The predicted molar refractivity (Wildman–Crippen MR) is 118 cm³/mol. The van der Waals surface area contributed by atoms with Crippen LogP contribution in [0.5, 0.6) is 10.9 Å². The fraction of sp³-hybridized carbons (Fsp3) is 0.250. The van der Waals surface area contributed by atoms with Gasteiger partial charge in [0, 0.05) is 18.2 Å². The van der Waals surface area contributed by atoms with Gasteiger partial charge in [0.25, 0.3) is 11.1 Å². The van der Waals surface area contributed by atoms with E-state index in [1.165, 1.54) is 32.2 Å². The van der Waals surface area contributed by atoms with Crippen LogP contribution in [-0.4, -0.2) is 47.3 Å². The molecule has 0 radical (unpaired) electrons. The molecule has 32 heavy (non-hydrogen) atoms. The van der Waals surface area contributed by atoms with E-state index in [1.54, 1.807) is 6.92 Å². The lowest BCUT2D eigenvalue weighted by molar-refractivity contribution is -0.119. The Morgan fingerprint density at radius 1 is 1.31 bits per heavy atom. The number of nitrogens with two attached hydrogens (primary N) is 1. The molecule has 0 bridgehead atoms. The van der Waals surface area contributed by atoms with Crippen LogP contribution in [0.2, 0.25) is 5.02 Å². The topological polar surface area (TPSA) is 129 Å². The highest BCUT2D eigenvalue weighted by Gasteiger charge is 2.26. The molecule has 0 aliphatic carbocycles. The Kier molecular flexibility index (Phi) is 7.21. The number of nitrogens with zero attached hydrogens (tertiary/aromatic N) is 3. The highest BCUT2D eigenvalue weighted by atomic mass is 35.5. The molecule has 0 saturated heterocycles. The van der Waals surface area contributed by atoms with Crippen molar-refractivity contribution in [2.24, 2.45) is 5.73 Å². The van der Waals surface area contributed by atoms with Crippen molar-refractivity contribution in [1.82, 2.24) is 20.5 Å². The van der Waals surface area contributed by atoms with Crippen LogP contribution in [0.3, 0.4) is 0 Å². The summed E-state index contributed by atoms with van der Waals surface area (Å²) in [5.41, 5.74) is 6.36. The largest absolute Gasteiger partial charge is 0.496 e. The highest BCUT2D eigenvalue weighted by Crippen LogP contribution is 2.41. The van der Waals surface area contributed by atoms with Gasteiger partial charge in [-0.3, -0.25) is 9.59 Å². The third kappa shape index (κ3) is 4.94. The van der Waals surface area contributed by atoms with Crippen molar-refractivity contribution in [3.8, 4) is 32.8 Å². The number of ether oxygens (including phenoxy) is 2. The first-order chi connectivity index (χ1) is 15.2. The molecule has 0 aliphatic rings. The summed E-state index contributed by atoms with van der Waals surface area (Å²) in [6.45, 7) is 3.54. The summed E-state index contributed by atoms with van der Waals surface area (Å²) in [5, 5.41) is 10.9. The molecular weight excluding hydrogens is 461 g/mol. The van der Waals surface area contributed by atoms with E-state index < -0.39 is 11.7 Å². The molecule has 9 nitrogen and oxygen atoms in total. The molecule has 0 atom stereocenters. The van der Waals surface area contributed by atoms with E-state index in [-0.39, 0.29) is 62.4 Å². The van der Waals surface area contributed by atoms with Gasteiger partial charge in [-0.2, -0.15) is 0 Å². The maximum atomic E-state index is 15.0. The summed E-state index contributed by atoms with van der Waals surface area (Å²) in [4.78, 5) is 27.8. The number of aromatic nitrogens is 3. The fourth-order valence-corrected chi connectivity index (χ4v) is 3.83. The first-order valence-electron chi connectivity index (χ1n) is 9.27. The van der Waals surface area contributed by atoms with Crippen LogP contribution >= 0.6 is 22.9 Å². The summed E-state index contributed by atoms with van der Waals surface area (Å²) >= 11 is 7.01. The molecule has 1 aromatic carbocycles. The first kappa shape index (κ1) is 23.4. The molecule has 3 rings (SSSR count). The Morgan fingerprint density at radius 3 is 2.72 bits per heavy atom. The number of carbonyl (C=O) groups is 2. The van der Waals surface area contributed by atoms with Crippen molar-refractivity contribution in [2.75, 3.05) is 20.3 Å². The van der Waals surface area contributed by atoms with Crippen LogP contribution in [-0.2, 0) is 4.79 Å². The van der Waals surface area contributed by atoms with E-state index in [4.69, 9.17) is 26.8 Å². The molecule has 0 spiro atoms. The van der Waals surface area contributed by atoms with Gasteiger partial charge < -0.3 is 20.5 Å². The summed E-state index contributed by atoms with van der Waals surface area (Å²) < 4.78 is 25.8. The lowest BCUT2D eigenvalue weighted by Crippen LogP contribution is -2.25. The first-order valence-corrected chi connectivity index (χ1v) is 10.5. The third-order valence-electron chi connectivity index (χ3n) is 4.25. The van der Waals surface area contributed by atoms with E-state index in [2.05, 4.69) is 20.5 Å². The van der Waals surface area contributed by atoms with Crippen molar-refractivity contribution < 1.29 is 23.5 Å². The van der Waals surface area contributed by atoms with Crippen LogP contribution in [0, 0.1) is 12.7 Å². The normalized spacial score (nSPS) is 10.7. The summed E-state index contributed by atoms with van der Waals surface area (Å²) in [5.74, 6) is -1.61. The molecule has 168 valence electrons. The Hall–Kier alpha value is -3.31. The minimum absolute atomic E-state index is 0.0168. The van der Waals surface area contributed by atoms with Gasteiger partial charge in [0.15, 0.2) is 10.8 Å². The number of hydrogen-bond donors (Lipinski definition) is 2. The Bertz CT molecular complexity index is 1190. The quantitative estimate of drug-likeness (QED) is 0.475. The number of rotatable bonds is 8. The van der Waals surface area contributed by atoms with Crippen molar-refractivity contribution in [3.05, 3.63) is 40.3 Å². The van der Waals surface area contributed by atoms with Gasteiger partial charge in [-0.25, -0.2) is 9.37 Å². The van der Waals surface area contributed by atoms with Gasteiger partial charge in [-0.1, -0.05) is 28.0 Å². The molecule has 0 aliphatic heterocycles. The number of nitrogens with one attached hydrogen (secondary N) is 1. The van der Waals surface area contributed by atoms with Gasteiger partial charge in [-0.05, 0) is 25.1 Å². The minimum Gasteiger partial charge on any atom is -0.496 e. The highest BCUT2D eigenvalue weighted by molar-refractivity contribution is 7.16. The van der Waals surface area contributed by atoms with Gasteiger partial charge in [0.05, 0.1) is 29.8 Å². The fourth-order valence-electron chi connectivity index (χ4n) is 2.96. The lowest BCUT2D eigenvalue weighted by Gasteiger charge is -2.16. The Morgan fingerprint density at radius 2 is 2.06 bits per heavy atom. The average molecular weight is 480 g/mol. The predicted octanol–water partition coefficient (Wildman–Crippen LogP) is 2.99. The molecule has 2 amide bonds. The van der Waals surface area contributed by atoms with Crippen molar-refractivity contribution in [2.45, 2.75) is 13.8 Å². The summed E-state index contributed by atoms with van der Waals surface area (Å²) in [6.07, 6.45) is 0. The second-order valence-corrected chi connectivity index (χ2v) is 7.89. The maximum Gasteiger partial charge on any atom is 0.294 e. The Balaban J connectivity index is 2.09. The number of benzene rings is 1. The number of pyridine rings is 1. The number of carbonyl (C=O) groups excluding carboxylic acids is 2. The SMILES string of the molecule is COc1ccc(Cl)c(F)c1-c1cc(C)nc(-c2nnc(OCCNC(C)=O)s2)c1C(N)=O. The maximum absolute atomic E-state index is 15.0. The third-order valence-corrected chi connectivity index (χ3v) is 5.38. The smallest absolute Gasteiger partial charge is 0.294 e. The van der Waals surface area contributed by atoms with Gasteiger partial charge in [0.1, 0.15) is 18.1 Å². The number of hydrogen-bond acceptors (Lipinski definition) is 8. The molecular formula is C20H19ClFN5O4S. The molecule has 3 N–H and O–H groups in total. The van der Waals surface area contributed by atoms with Crippen LogP contribution in [0.25, 0.3) is 21.8 Å². The molecule has 12 heteroatoms. The minimum atomic E-state index is -0.841. The number of amides is 2. The van der Waals surface area contributed by atoms with Crippen LogP contribution < -0.4 is 20.5 Å². The summed E-state index contributed by atoms with van der Waals surface area (Å²) in [7, 11) is 1.38. The number of primary amides is 1. The lowest BCUT2D eigenvalue weighted by atomic mass is 9.96. The van der Waals surface area contributed by atoms with E-state index in [9.17, 15) is 9.59 Å². The molecule has 0 fully saturated rings. The van der Waals surface area contributed by atoms with Crippen molar-refractivity contribution in [1.29, 1.82) is 0 Å². The average Bonchev–Trinajstić information content (AvgIpc) is 3.21. The Labute approximate surface area is 191 Å². The van der Waals surface area contributed by atoms with Crippen LogP contribution in [0.15, 0.2) is 18.2 Å². The number of aryl methyl sites for hydroxylation is 1. The van der Waals surface area contributed by atoms with Crippen LogP contribution in [0.1, 0.15) is 23.0 Å². The number of halogens is 2. The molecule has 0 saturated carbocycles. The second kappa shape index (κ2) is 9.88. The van der Waals surface area contributed by atoms with E-state index in [0.29, 0.717) is 5.69 Å². The van der Waals surface area contributed by atoms with E-state index >= 15 is 4.39 Å². The van der Waals surface area contributed by atoms with Gasteiger partial charge in [0.2, 0.25) is 5.91 Å². The molecule has 0 unspecified atom stereocenters. The van der Waals surface area contributed by atoms with E-state index in [0.717, 1.165) is 11.3 Å². The zero-order chi connectivity index (χ0) is 23.4. The monoisotopic (exact) mass is 479 g/mol. The standard InChI is InChI=1S/C20H19ClFN5O4S/c1-9-8-11(14-13(30-3)5-4-12(21)16(14)22)15(18(23)29)17(25-9)19-26-27-20(32-19)31-7-6-24-10(2)28/h4-5,8H,6-7H2,1-3H3,(H2,23,29)(H,24,28). The van der Waals surface area contributed by atoms with Gasteiger partial charge in [-0.15, -0.1) is 5.10 Å². The van der Waals surface area contributed by atoms with Crippen molar-refractivity contribution >= 4 is 34.8 Å². The zero-order valence-electron chi connectivity index (χ0n) is 17.4.